The Morgan fingerprint density at radius 2 is 2.31 bits per heavy atom. The van der Waals surface area contributed by atoms with Gasteiger partial charge in [0.2, 0.25) is 0 Å². The van der Waals surface area contributed by atoms with Gasteiger partial charge in [0.25, 0.3) is 0 Å². The van der Waals surface area contributed by atoms with E-state index in [2.05, 4.69) is 26.3 Å². The predicted molar refractivity (Wildman–Crippen MR) is 60.8 cm³/mol. The van der Waals surface area contributed by atoms with Crippen LogP contribution in [0.2, 0.25) is 0 Å². The fourth-order valence-electron chi connectivity index (χ4n) is 2.14. The van der Waals surface area contributed by atoms with Crippen LogP contribution in [0, 0.1) is 0 Å². The zero-order chi connectivity index (χ0) is 11.0. The van der Waals surface area contributed by atoms with Gasteiger partial charge < -0.3 is 4.57 Å². The van der Waals surface area contributed by atoms with Crippen LogP contribution in [-0.2, 0) is 6.42 Å². The average molecular weight is 212 g/mol. The first-order valence-corrected chi connectivity index (χ1v) is 5.38. The summed E-state index contributed by atoms with van der Waals surface area (Å²) in [6, 6.07) is 6.12. The molecule has 3 heterocycles. The van der Waals surface area contributed by atoms with E-state index in [4.69, 9.17) is 0 Å². The monoisotopic (exact) mass is 212 g/mol. The maximum atomic E-state index is 4.31. The first-order chi connectivity index (χ1) is 7.90. The van der Waals surface area contributed by atoms with Crippen molar-refractivity contribution in [1.29, 1.82) is 0 Å². The van der Waals surface area contributed by atoms with Crippen LogP contribution < -0.4 is 0 Å². The van der Waals surface area contributed by atoms with E-state index in [1.807, 2.05) is 24.3 Å². The highest BCUT2D eigenvalue weighted by atomic mass is 15.3. The molecule has 0 saturated carbocycles. The lowest BCUT2D eigenvalue weighted by Gasteiger charge is -2.09. The van der Waals surface area contributed by atoms with Gasteiger partial charge in [-0.2, -0.15) is 0 Å². The van der Waals surface area contributed by atoms with Crippen LogP contribution in [0.1, 0.15) is 18.3 Å². The fraction of sp³-hybridized carbons (Fsp3) is 0.250. The summed E-state index contributed by atoms with van der Waals surface area (Å²) in [5, 5.41) is 8.41. The third kappa shape index (κ3) is 1.26. The minimum Gasteiger partial charge on any atom is -0.303 e. The molecule has 0 N–H and O–H groups in total. The number of aromatic nitrogens is 4. The Bertz CT molecular complexity index is 515. The van der Waals surface area contributed by atoms with Gasteiger partial charge in [0.15, 0.2) is 5.82 Å². The number of fused-ring (bicyclic) bond motifs is 1. The summed E-state index contributed by atoms with van der Waals surface area (Å²) < 4.78 is 2.13. The van der Waals surface area contributed by atoms with Crippen molar-refractivity contribution in [3.63, 3.8) is 0 Å². The van der Waals surface area contributed by atoms with Crippen molar-refractivity contribution in [3.8, 4) is 11.5 Å². The zero-order valence-electron chi connectivity index (χ0n) is 8.87. The minimum absolute atomic E-state index is 0.307. The van der Waals surface area contributed by atoms with E-state index in [9.17, 15) is 0 Å². The van der Waals surface area contributed by atoms with Crippen molar-refractivity contribution in [3.05, 3.63) is 42.9 Å². The zero-order valence-corrected chi connectivity index (χ0v) is 8.87. The molecule has 16 heavy (non-hydrogen) atoms. The molecule has 0 radical (unpaired) electrons. The maximum absolute atomic E-state index is 4.31. The van der Waals surface area contributed by atoms with Gasteiger partial charge in [-0.15, -0.1) is 16.8 Å². The SMILES string of the molecule is C=CC1CCc2nnc(-c3ccccn3)n21. The van der Waals surface area contributed by atoms with E-state index in [0.29, 0.717) is 6.04 Å². The highest BCUT2D eigenvalue weighted by Crippen LogP contribution is 2.30. The molecule has 0 fully saturated rings. The first-order valence-electron chi connectivity index (χ1n) is 5.38. The number of hydrogen-bond donors (Lipinski definition) is 0. The largest absolute Gasteiger partial charge is 0.303 e. The minimum atomic E-state index is 0.307. The second-order valence-corrected chi connectivity index (χ2v) is 3.87. The van der Waals surface area contributed by atoms with Crippen LogP contribution in [0.4, 0.5) is 0 Å². The molecule has 3 rings (SSSR count). The van der Waals surface area contributed by atoms with Crippen LogP contribution >= 0.6 is 0 Å². The lowest BCUT2D eigenvalue weighted by molar-refractivity contribution is 0.644. The fourth-order valence-corrected chi connectivity index (χ4v) is 2.14. The van der Waals surface area contributed by atoms with Crippen molar-refractivity contribution in [2.24, 2.45) is 0 Å². The van der Waals surface area contributed by atoms with E-state index >= 15 is 0 Å². The molecule has 1 aliphatic heterocycles. The number of hydrogen-bond acceptors (Lipinski definition) is 3. The molecule has 2 aromatic heterocycles. The van der Waals surface area contributed by atoms with Crippen molar-refractivity contribution in [2.45, 2.75) is 18.9 Å². The quantitative estimate of drug-likeness (QED) is 0.715. The van der Waals surface area contributed by atoms with Crippen LogP contribution in [0.15, 0.2) is 37.1 Å². The average Bonchev–Trinajstić information content (AvgIpc) is 2.90. The van der Waals surface area contributed by atoms with Gasteiger partial charge in [-0.05, 0) is 18.6 Å². The van der Waals surface area contributed by atoms with Gasteiger partial charge >= 0.3 is 0 Å². The Kier molecular flexibility index (Phi) is 2.06. The Morgan fingerprint density at radius 3 is 3.06 bits per heavy atom. The smallest absolute Gasteiger partial charge is 0.183 e. The number of aryl methyl sites for hydroxylation is 1. The Hall–Kier alpha value is -1.97. The normalized spacial score (nSPS) is 18.4. The van der Waals surface area contributed by atoms with Gasteiger partial charge in [-0.3, -0.25) is 4.98 Å². The van der Waals surface area contributed by atoms with Crippen molar-refractivity contribution in [2.75, 3.05) is 0 Å². The summed E-state index contributed by atoms with van der Waals surface area (Å²) in [7, 11) is 0. The Balaban J connectivity index is 2.14. The molecule has 1 unspecified atom stereocenters. The number of pyridine rings is 1. The van der Waals surface area contributed by atoms with Gasteiger partial charge in [0.05, 0.1) is 6.04 Å². The van der Waals surface area contributed by atoms with E-state index in [1.54, 1.807) is 6.20 Å². The van der Waals surface area contributed by atoms with Gasteiger partial charge in [0.1, 0.15) is 11.5 Å². The predicted octanol–water partition coefficient (Wildman–Crippen LogP) is 2.01. The van der Waals surface area contributed by atoms with Crippen LogP contribution in [-0.4, -0.2) is 19.7 Å². The summed E-state index contributed by atoms with van der Waals surface area (Å²) in [5.74, 6) is 1.88. The van der Waals surface area contributed by atoms with E-state index < -0.39 is 0 Å². The molecule has 1 aliphatic rings. The van der Waals surface area contributed by atoms with E-state index in [0.717, 1.165) is 30.2 Å². The van der Waals surface area contributed by atoms with Crippen molar-refractivity contribution in [1.82, 2.24) is 19.7 Å². The summed E-state index contributed by atoms with van der Waals surface area (Å²) in [5.41, 5.74) is 0.870. The Morgan fingerprint density at radius 1 is 1.38 bits per heavy atom. The van der Waals surface area contributed by atoms with E-state index in [1.165, 1.54) is 0 Å². The molecule has 4 heteroatoms. The number of allylic oxidation sites excluding steroid dienone is 1. The summed E-state index contributed by atoms with van der Waals surface area (Å²) in [6.07, 6.45) is 5.76. The summed E-state index contributed by atoms with van der Waals surface area (Å²) >= 11 is 0. The van der Waals surface area contributed by atoms with Crippen LogP contribution in [0.3, 0.4) is 0 Å². The summed E-state index contributed by atoms with van der Waals surface area (Å²) in [4.78, 5) is 4.31. The van der Waals surface area contributed by atoms with Gasteiger partial charge in [-0.25, -0.2) is 0 Å². The molecule has 0 aliphatic carbocycles. The van der Waals surface area contributed by atoms with Crippen LogP contribution in [0.5, 0.6) is 0 Å². The highest BCUT2D eigenvalue weighted by molar-refractivity contribution is 5.50. The number of rotatable bonds is 2. The molecule has 0 spiro atoms. The second-order valence-electron chi connectivity index (χ2n) is 3.87. The molecule has 0 saturated heterocycles. The summed E-state index contributed by atoms with van der Waals surface area (Å²) in [6.45, 7) is 3.86. The molecule has 1 atom stereocenters. The third-order valence-corrected chi connectivity index (χ3v) is 2.93. The molecular weight excluding hydrogens is 200 g/mol. The number of nitrogens with zero attached hydrogens (tertiary/aromatic N) is 4. The lowest BCUT2D eigenvalue weighted by atomic mass is 10.2. The molecule has 0 bridgehead atoms. The second kappa shape index (κ2) is 3.56. The standard InChI is InChI=1S/C12H12N4/c1-2-9-6-7-11-14-15-12(16(9)11)10-5-3-4-8-13-10/h2-5,8-9H,1,6-7H2. The molecular formula is C12H12N4. The maximum Gasteiger partial charge on any atom is 0.183 e. The van der Waals surface area contributed by atoms with E-state index in [-0.39, 0.29) is 0 Å². The van der Waals surface area contributed by atoms with Gasteiger partial charge in [-0.1, -0.05) is 12.1 Å². The van der Waals surface area contributed by atoms with Crippen molar-refractivity contribution >= 4 is 0 Å². The Labute approximate surface area is 93.7 Å². The van der Waals surface area contributed by atoms with Gasteiger partial charge in [0, 0.05) is 12.6 Å². The molecule has 2 aromatic rings. The topological polar surface area (TPSA) is 43.6 Å². The lowest BCUT2D eigenvalue weighted by Crippen LogP contribution is -2.03. The third-order valence-electron chi connectivity index (χ3n) is 2.93. The van der Waals surface area contributed by atoms with Crippen molar-refractivity contribution < 1.29 is 0 Å². The molecule has 4 nitrogen and oxygen atoms in total. The first kappa shape index (κ1) is 9.27. The van der Waals surface area contributed by atoms with Crippen LogP contribution in [0.25, 0.3) is 11.5 Å². The molecule has 0 amide bonds. The molecule has 0 aromatic carbocycles. The highest BCUT2D eigenvalue weighted by Gasteiger charge is 2.25. The molecule has 80 valence electrons.